The highest BCUT2D eigenvalue weighted by Crippen LogP contribution is 2.24. The van der Waals surface area contributed by atoms with Crippen LogP contribution in [0.1, 0.15) is 30.6 Å². The van der Waals surface area contributed by atoms with Crippen LogP contribution in [0.2, 0.25) is 10.0 Å². The molecule has 2 N–H and O–H groups in total. The molecule has 1 saturated heterocycles. The maximum absolute atomic E-state index is 12.5. The van der Waals surface area contributed by atoms with Gasteiger partial charge in [0.2, 0.25) is 11.8 Å². The van der Waals surface area contributed by atoms with E-state index >= 15 is 0 Å². The van der Waals surface area contributed by atoms with Crippen molar-refractivity contribution >= 4 is 52.3 Å². The highest BCUT2D eigenvalue weighted by Gasteiger charge is 2.35. The summed E-state index contributed by atoms with van der Waals surface area (Å²) in [4.78, 5) is 38.5. The number of nitrogens with one attached hydrogen (secondary N) is 2. The molecule has 0 radical (unpaired) electrons. The lowest BCUT2D eigenvalue weighted by atomic mass is 10.1. The Hall–Kier alpha value is -2.57. The topological polar surface area (TPSA) is 78.5 Å². The number of likely N-dealkylation sites (tertiary alicyclic amines) is 1. The van der Waals surface area contributed by atoms with Crippen LogP contribution in [0.3, 0.4) is 0 Å². The van der Waals surface area contributed by atoms with Crippen LogP contribution in [-0.4, -0.2) is 35.2 Å². The Kier molecular flexibility index (Phi) is 6.45. The van der Waals surface area contributed by atoms with Gasteiger partial charge in [0.15, 0.2) is 0 Å². The van der Waals surface area contributed by atoms with Gasteiger partial charge in [-0.15, -0.1) is 0 Å². The molecule has 1 unspecified atom stereocenters. The van der Waals surface area contributed by atoms with Gasteiger partial charge in [0.1, 0.15) is 0 Å². The van der Waals surface area contributed by atoms with Gasteiger partial charge in [-0.3, -0.25) is 14.4 Å². The van der Waals surface area contributed by atoms with Crippen molar-refractivity contribution in [1.29, 1.82) is 0 Å². The number of hydrogen-bond donors (Lipinski definition) is 2. The van der Waals surface area contributed by atoms with Crippen molar-refractivity contribution in [3.8, 4) is 0 Å². The van der Waals surface area contributed by atoms with Crippen LogP contribution in [0.25, 0.3) is 0 Å². The summed E-state index contributed by atoms with van der Waals surface area (Å²) < 4.78 is 0. The average Bonchev–Trinajstić information content (AvgIpc) is 3.03. The van der Waals surface area contributed by atoms with Gasteiger partial charge in [-0.2, -0.15) is 0 Å². The van der Waals surface area contributed by atoms with Gasteiger partial charge < -0.3 is 15.5 Å². The number of nitrogens with zero attached hydrogens (tertiary/aromatic N) is 1. The predicted molar refractivity (Wildman–Crippen MR) is 114 cm³/mol. The number of amides is 3. The van der Waals surface area contributed by atoms with Crippen LogP contribution < -0.4 is 10.6 Å². The first-order valence-electron chi connectivity index (χ1n) is 9.21. The van der Waals surface area contributed by atoms with Crippen molar-refractivity contribution in [2.75, 3.05) is 17.2 Å². The van der Waals surface area contributed by atoms with Gasteiger partial charge in [0.25, 0.3) is 5.91 Å². The number of halogens is 2. The van der Waals surface area contributed by atoms with E-state index in [4.69, 9.17) is 23.2 Å². The van der Waals surface area contributed by atoms with Crippen LogP contribution in [0.5, 0.6) is 0 Å². The Balaban J connectivity index is 1.60. The summed E-state index contributed by atoms with van der Waals surface area (Å²) in [7, 11) is 0. The first-order chi connectivity index (χ1) is 13.7. The first-order valence-corrected chi connectivity index (χ1v) is 9.96. The van der Waals surface area contributed by atoms with E-state index in [0.29, 0.717) is 33.5 Å². The molecule has 3 rings (SSSR count). The summed E-state index contributed by atoms with van der Waals surface area (Å²) in [5.74, 6) is -0.906. The molecule has 0 aromatic heterocycles. The van der Waals surface area contributed by atoms with Crippen molar-refractivity contribution in [1.82, 2.24) is 4.90 Å². The molecule has 29 heavy (non-hydrogen) atoms. The minimum atomic E-state index is -0.375. The molecule has 8 heteroatoms. The quantitative estimate of drug-likeness (QED) is 0.731. The Morgan fingerprint density at radius 3 is 2.17 bits per heavy atom. The van der Waals surface area contributed by atoms with Crippen molar-refractivity contribution in [3.05, 3.63) is 58.1 Å². The van der Waals surface area contributed by atoms with Gasteiger partial charge >= 0.3 is 0 Å². The summed E-state index contributed by atoms with van der Waals surface area (Å²) in [6.45, 7) is 4.28. The van der Waals surface area contributed by atoms with Crippen LogP contribution in [0.4, 0.5) is 11.4 Å². The fraction of sp³-hybridized carbons (Fsp3) is 0.286. The van der Waals surface area contributed by atoms with Gasteiger partial charge in [-0.05, 0) is 56.3 Å². The van der Waals surface area contributed by atoms with Crippen LogP contribution in [-0.2, 0) is 9.59 Å². The maximum Gasteiger partial charge on any atom is 0.255 e. The number of hydrogen-bond acceptors (Lipinski definition) is 3. The highest BCUT2D eigenvalue weighted by atomic mass is 35.5. The van der Waals surface area contributed by atoms with Gasteiger partial charge in [0, 0.05) is 46.0 Å². The van der Waals surface area contributed by atoms with Crippen molar-refractivity contribution in [2.45, 2.75) is 26.3 Å². The van der Waals surface area contributed by atoms with Crippen LogP contribution >= 0.6 is 23.2 Å². The standard InChI is InChI=1S/C21H21Cl2N3O3/c1-12(2)26-11-14(7-19(26)27)21(29)24-17-5-3-13(4-6-17)20(28)25-18-9-15(22)8-16(23)10-18/h3-6,8-10,12,14H,7,11H2,1-2H3,(H,24,29)(H,25,28). The molecule has 0 aliphatic carbocycles. The van der Waals surface area contributed by atoms with E-state index < -0.39 is 0 Å². The molecule has 1 fully saturated rings. The SMILES string of the molecule is CC(C)N1CC(C(=O)Nc2ccc(C(=O)Nc3cc(Cl)cc(Cl)c3)cc2)CC1=O. The number of anilines is 2. The number of benzene rings is 2. The molecule has 1 atom stereocenters. The molecule has 1 heterocycles. The Labute approximate surface area is 179 Å². The monoisotopic (exact) mass is 433 g/mol. The van der Waals surface area contributed by atoms with Crippen molar-refractivity contribution in [3.63, 3.8) is 0 Å². The lowest BCUT2D eigenvalue weighted by Gasteiger charge is -2.20. The first kappa shape index (κ1) is 21.1. The van der Waals surface area contributed by atoms with Crippen molar-refractivity contribution in [2.24, 2.45) is 5.92 Å². The molecular formula is C21H21Cl2N3O3. The molecule has 3 amide bonds. The van der Waals surface area contributed by atoms with Gasteiger partial charge in [-0.25, -0.2) is 0 Å². The third-order valence-electron chi connectivity index (χ3n) is 4.69. The molecule has 6 nitrogen and oxygen atoms in total. The van der Waals surface area contributed by atoms with Gasteiger partial charge in [0.05, 0.1) is 5.92 Å². The largest absolute Gasteiger partial charge is 0.339 e. The number of carbonyl (C=O) groups is 3. The van der Waals surface area contributed by atoms with E-state index in [1.165, 1.54) is 0 Å². The molecular weight excluding hydrogens is 413 g/mol. The summed E-state index contributed by atoms with van der Waals surface area (Å²) in [5, 5.41) is 6.38. The maximum atomic E-state index is 12.5. The lowest BCUT2D eigenvalue weighted by molar-refractivity contribution is -0.129. The molecule has 2 aromatic carbocycles. The Morgan fingerprint density at radius 2 is 1.62 bits per heavy atom. The molecule has 0 saturated carbocycles. The van der Waals surface area contributed by atoms with E-state index in [1.54, 1.807) is 47.4 Å². The third-order valence-corrected chi connectivity index (χ3v) is 5.12. The summed E-state index contributed by atoms with van der Waals surface area (Å²) >= 11 is 11.9. The van der Waals surface area contributed by atoms with E-state index in [-0.39, 0.29) is 36.1 Å². The normalized spacial score (nSPS) is 16.2. The second-order valence-corrected chi connectivity index (χ2v) is 8.09. The average molecular weight is 434 g/mol. The molecule has 2 aromatic rings. The van der Waals surface area contributed by atoms with Gasteiger partial charge in [-0.1, -0.05) is 23.2 Å². The fourth-order valence-electron chi connectivity index (χ4n) is 3.18. The highest BCUT2D eigenvalue weighted by molar-refractivity contribution is 6.35. The molecule has 1 aliphatic heterocycles. The third kappa shape index (κ3) is 5.28. The predicted octanol–water partition coefficient (Wildman–Crippen LogP) is 4.44. The Bertz CT molecular complexity index is 924. The molecule has 152 valence electrons. The van der Waals surface area contributed by atoms with Crippen molar-refractivity contribution < 1.29 is 14.4 Å². The minimum absolute atomic E-state index is 0.00622. The number of rotatable bonds is 5. The minimum Gasteiger partial charge on any atom is -0.339 e. The fourth-order valence-corrected chi connectivity index (χ4v) is 3.71. The lowest BCUT2D eigenvalue weighted by Crippen LogP contribution is -2.33. The second-order valence-electron chi connectivity index (χ2n) is 7.22. The van der Waals surface area contributed by atoms with E-state index in [9.17, 15) is 14.4 Å². The summed E-state index contributed by atoms with van der Waals surface area (Å²) in [6.07, 6.45) is 0.215. The van der Waals surface area contributed by atoms with E-state index in [2.05, 4.69) is 10.6 Å². The molecule has 1 aliphatic rings. The number of carbonyl (C=O) groups excluding carboxylic acids is 3. The molecule has 0 spiro atoms. The van der Waals surface area contributed by atoms with E-state index in [1.807, 2.05) is 13.8 Å². The summed E-state index contributed by atoms with van der Waals surface area (Å²) in [6, 6.07) is 11.4. The molecule has 0 bridgehead atoms. The summed E-state index contributed by atoms with van der Waals surface area (Å²) in [5.41, 5.74) is 1.47. The van der Waals surface area contributed by atoms with Crippen LogP contribution in [0.15, 0.2) is 42.5 Å². The Morgan fingerprint density at radius 1 is 1.00 bits per heavy atom. The smallest absolute Gasteiger partial charge is 0.255 e. The zero-order chi connectivity index (χ0) is 21.1. The van der Waals surface area contributed by atoms with Crippen LogP contribution in [0, 0.1) is 5.92 Å². The zero-order valence-electron chi connectivity index (χ0n) is 16.0. The van der Waals surface area contributed by atoms with E-state index in [0.717, 1.165) is 0 Å². The zero-order valence-corrected chi connectivity index (χ0v) is 17.6. The second kappa shape index (κ2) is 8.84.